The number of ether oxygens (including phenoxy) is 1. The van der Waals surface area contributed by atoms with Crippen molar-refractivity contribution in [2.24, 2.45) is 17.6 Å². The summed E-state index contributed by atoms with van der Waals surface area (Å²) in [5.74, 6) is -0.522. The molecule has 4 rings (SSSR count). The van der Waals surface area contributed by atoms with Crippen LogP contribution in [-0.2, 0) is 16.1 Å². The molecular weight excluding hydrogens is 434 g/mol. The van der Waals surface area contributed by atoms with Crippen molar-refractivity contribution >= 4 is 23.8 Å². The Morgan fingerprint density at radius 2 is 2.09 bits per heavy atom. The highest BCUT2D eigenvalue weighted by atomic mass is 32.2. The molecule has 3 aliphatic rings. The summed E-state index contributed by atoms with van der Waals surface area (Å²) in [5.41, 5.74) is 7.45. The maximum atomic E-state index is 12.5. The average molecular weight is 464 g/mol. The van der Waals surface area contributed by atoms with E-state index in [1.54, 1.807) is 0 Å². The van der Waals surface area contributed by atoms with Crippen LogP contribution in [0.25, 0.3) is 0 Å². The molecule has 6 N–H and O–H groups in total. The van der Waals surface area contributed by atoms with Crippen molar-refractivity contribution in [3.8, 4) is 0 Å². The number of benzene rings is 1. The smallest absolute Gasteiger partial charge is 0.449 e. The summed E-state index contributed by atoms with van der Waals surface area (Å²) in [6.07, 6.45) is -1.10. The molecule has 3 heterocycles. The molecule has 10 heteroatoms. The molecule has 2 fully saturated rings. The van der Waals surface area contributed by atoms with Crippen molar-refractivity contribution in [3.63, 3.8) is 0 Å². The molecule has 0 spiro atoms. The fourth-order valence-corrected chi connectivity index (χ4v) is 6.38. The maximum absolute atomic E-state index is 12.5. The number of nitrogens with one attached hydrogen (secondary N) is 1. The van der Waals surface area contributed by atoms with Gasteiger partial charge in [0.05, 0.1) is 23.0 Å². The van der Waals surface area contributed by atoms with E-state index in [1.165, 1.54) is 16.7 Å². The van der Waals surface area contributed by atoms with Gasteiger partial charge in [-0.2, -0.15) is 0 Å². The second-order valence-corrected chi connectivity index (χ2v) is 9.87. The Balaban J connectivity index is 1.46. The molecule has 0 bridgehead atoms. The first-order valence-corrected chi connectivity index (χ1v) is 11.7. The van der Waals surface area contributed by atoms with Crippen LogP contribution in [0.2, 0.25) is 0 Å². The molecule has 0 radical (unpaired) electrons. The minimum Gasteiger partial charge on any atom is -0.449 e. The third-order valence-electron chi connectivity index (χ3n) is 6.60. The first kappa shape index (κ1) is 23.1. The molecule has 0 aliphatic carbocycles. The van der Waals surface area contributed by atoms with Gasteiger partial charge in [0.15, 0.2) is 0 Å². The zero-order valence-electron chi connectivity index (χ0n) is 17.8. The summed E-state index contributed by atoms with van der Waals surface area (Å²) in [7, 11) is 0. The zero-order valence-corrected chi connectivity index (χ0v) is 18.6. The predicted octanol–water partition coefficient (Wildman–Crippen LogP) is 1.37. The van der Waals surface area contributed by atoms with Gasteiger partial charge in [0.1, 0.15) is 0 Å². The van der Waals surface area contributed by atoms with Gasteiger partial charge in [-0.05, 0) is 24.0 Å². The highest BCUT2D eigenvalue weighted by Crippen LogP contribution is 2.52. The van der Waals surface area contributed by atoms with E-state index >= 15 is 0 Å². The number of thioether (sulfide) groups is 1. The van der Waals surface area contributed by atoms with Crippen molar-refractivity contribution in [1.29, 1.82) is 0 Å². The lowest BCUT2D eigenvalue weighted by Crippen LogP contribution is -2.60. The van der Waals surface area contributed by atoms with E-state index < -0.39 is 12.3 Å². The van der Waals surface area contributed by atoms with Gasteiger partial charge >= 0.3 is 6.16 Å². The number of hydrogen-bond donors (Lipinski definition) is 5. The number of aliphatic hydroxyl groups excluding tert-OH is 2. The number of nitrogens with zero attached hydrogens (tertiary/aromatic N) is 1. The molecule has 0 aromatic heterocycles. The first-order valence-electron chi connectivity index (χ1n) is 10.8. The molecule has 174 valence electrons. The van der Waals surface area contributed by atoms with Crippen molar-refractivity contribution < 1.29 is 29.6 Å². The summed E-state index contributed by atoms with van der Waals surface area (Å²) in [6.45, 7) is 2.96. The van der Waals surface area contributed by atoms with Gasteiger partial charge in [-0.15, -0.1) is 11.8 Å². The van der Waals surface area contributed by atoms with E-state index in [4.69, 9.17) is 10.5 Å². The molecule has 1 aromatic rings. The topological polar surface area (TPSA) is 145 Å². The Morgan fingerprint density at radius 1 is 1.38 bits per heavy atom. The monoisotopic (exact) mass is 463 g/mol. The van der Waals surface area contributed by atoms with Gasteiger partial charge in [0.2, 0.25) is 11.8 Å². The normalized spacial score (nSPS) is 30.3. The molecule has 6 atom stereocenters. The molecule has 1 unspecified atom stereocenters. The van der Waals surface area contributed by atoms with E-state index in [2.05, 4.69) is 5.32 Å². The summed E-state index contributed by atoms with van der Waals surface area (Å²) in [4.78, 5) is 26.0. The third-order valence-corrected chi connectivity index (χ3v) is 8.09. The van der Waals surface area contributed by atoms with E-state index in [9.17, 15) is 24.9 Å². The predicted molar refractivity (Wildman–Crippen MR) is 118 cm³/mol. The zero-order chi connectivity index (χ0) is 23.0. The van der Waals surface area contributed by atoms with Crippen molar-refractivity contribution in [1.82, 2.24) is 10.2 Å². The quantitative estimate of drug-likeness (QED) is 0.285. The number of carboxylic acid groups (broad SMARTS) is 1. The number of carbonyl (C=O) groups excluding carboxylic acids is 1. The standard InChI is InChI=1S/C22H29N3O6S/c1-11-17-15(6-7-26)20(28)25(17)21(31-22(29)30)19(11)32-14-8-16(24-10-14)18(27)13-4-2-12(9-23)3-5-13/h2-5,11,14-18,24,26-27H,6-10,23H2,1H3,(H,29,30)/t11-,14+,15+,16+,17-,18?/m1/s1. The lowest BCUT2D eigenvalue weighted by atomic mass is 9.80. The Morgan fingerprint density at radius 3 is 2.72 bits per heavy atom. The summed E-state index contributed by atoms with van der Waals surface area (Å²) < 4.78 is 5.04. The Hall–Kier alpha value is -2.11. The van der Waals surface area contributed by atoms with Gasteiger partial charge < -0.3 is 31.1 Å². The van der Waals surface area contributed by atoms with Crippen LogP contribution in [0.4, 0.5) is 4.79 Å². The van der Waals surface area contributed by atoms with E-state index in [0.29, 0.717) is 25.9 Å². The highest BCUT2D eigenvalue weighted by molar-refractivity contribution is 8.03. The van der Waals surface area contributed by atoms with Gasteiger partial charge in [-0.3, -0.25) is 9.69 Å². The average Bonchev–Trinajstić information content (AvgIpc) is 3.34. The second kappa shape index (κ2) is 9.40. The molecular formula is C22H29N3O6S. The molecule has 1 amide bonds. The second-order valence-electron chi connectivity index (χ2n) is 8.52. The van der Waals surface area contributed by atoms with Crippen LogP contribution in [0.1, 0.15) is 37.0 Å². The molecule has 1 aromatic carbocycles. The van der Waals surface area contributed by atoms with Crippen LogP contribution in [-0.4, -0.2) is 62.8 Å². The Bertz CT molecular complexity index is 907. The van der Waals surface area contributed by atoms with Crippen LogP contribution in [0.5, 0.6) is 0 Å². The fraction of sp³-hybridized carbons (Fsp3) is 0.545. The molecule has 32 heavy (non-hydrogen) atoms. The number of aliphatic hydroxyl groups is 2. The number of amides is 1. The lowest BCUT2D eigenvalue weighted by molar-refractivity contribution is -0.156. The van der Waals surface area contributed by atoms with Crippen molar-refractivity contribution in [2.75, 3.05) is 13.2 Å². The van der Waals surface area contributed by atoms with Gasteiger partial charge in [-0.25, -0.2) is 4.79 Å². The van der Waals surface area contributed by atoms with Crippen LogP contribution in [0.15, 0.2) is 35.1 Å². The highest BCUT2D eigenvalue weighted by Gasteiger charge is 2.58. The largest absolute Gasteiger partial charge is 0.512 e. The molecule has 2 saturated heterocycles. The van der Waals surface area contributed by atoms with E-state index in [-0.39, 0.29) is 47.6 Å². The number of fused-ring (bicyclic) bond motifs is 1. The SMILES string of the molecule is C[C@H]1C(S[C@@H]2CN[C@H](C(O)c3ccc(CN)cc3)C2)=C(OC(=O)O)N2C(=O)[C@@H](CCO)[C@@H]12. The van der Waals surface area contributed by atoms with E-state index in [0.717, 1.165) is 16.0 Å². The van der Waals surface area contributed by atoms with Crippen LogP contribution < -0.4 is 11.1 Å². The lowest BCUT2D eigenvalue weighted by Gasteiger charge is -2.44. The summed E-state index contributed by atoms with van der Waals surface area (Å²) >= 11 is 1.51. The van der Waals surface area contributed by atoms with Crippen LogP contribution in [0.3, 0.4) is 0 Å². The Kier molecular flexibility index (Phi) is 6.78. The number of carbonyl (C=O) groups is 2. The molecule has 0 saturated carbocycles. The van der Waals surface area contributed by atoms with Crippen molar-refractivity contribution in [3.05, 3.63) is 46.2 Å². The summed E-state index contributed by atoms with van der Waals surface area (Å²) in [6, 6.07) is 7.25. The molecule has 9 nitrogen and oxygen atoms in total. The number of rotatable bonds is 8. The van der Waals surface area contributed by atoms with Gasteiger partial charge in [-0.1, -0.05) is 31.2 Å². The minimum absolute atomic E-state index is 0.0867. The van der Waals surface area contributed by atoms with Crippen molar-refractivity contribution in [2.45, 2.75) is 49.7 Å². The number of β-lactam (4-membered cyclic amide) rings is 1. The minimum atomic E-state index is -1.46. The van der Waals surface area contributed by atoms with Crippen LogP contribution in [0, 0.1) is 11.8 Å². The van der Waals surface area contributed by atoms with Gasteiger partial charge in [0, 0.05) is 36.9 Å². The fourth-order valence-electron chi connectivity index (χ4n) is 4.94. The summed E-state index contributed by atoms with van der Waals surface area (Å²) in [5, 5.41) is 32.8. The third kappa shape index (κ3) is 4.13. The first-order chi connectivity index (χ1) is 15.3. The van der Waals surface area contributed by atoms with Gasteiger partial charge in [0.25, 0.3) is 0 Å². The number of nitrogens with two attached hydrogens (primary N) is 1. The molecule has 3 aliphatic heterocycles. The van der Waals surface area contributed by atoms with Crippen LogP contribution >= 0.6 is 11.8 Å². The van der Waals surface area contributed by atoms with E-state index in [1.807, 2.05) is 31.2 Å². The maximum Gasteiger partial charge on any atom is 0.512 e. The number of hydrogen-bond acceptors (Lipinski definition) is 8. The Labute approximate surface area is 190 Å².